The molecule has 2 N–H and O–H groups in total. The van der Waals surface area contributed by atoms with Crippen molar-refractivity contribution in [3.8, 4) is 11.8 Å². The predicted molar refractivity (Wildman–Crippen MR) is 116 cm³/mol. The van der Waals surface area contributed by atoms with Crippen molar-refractivity contribution in [2.24, 2.45) is 5.10 Å². The van der Waals surface area contributed by atoms with Crippen molar-refractivity contribution in [3.63, 3.8) is 0 Å². The highest BCUT2D eigenvalue weighted by Crippen LogP contribution is 2.27. The third-order valence-electron chi connectivity index (χ3n) is 4.15. The van der Waals surface area contributed by atoms with Crippen molar-refractivity contribution in [1.82, 2.24) is 10.7 Å². The Balaban J connectivity index is 1.90. The SMILES string of the molecule is CCNC(=S)N/N=C\c1c(OCc2ccccc2C#N)ccc2ccccc12. The first kappa shape index (κ1) is 19.3. The number of thiocarbonyl (C=S) groups is 1. The molecule has 3 aromatic rings. The van der Waals surface area contributed by atoms with Crippen molar-refractivity contribution >= 4 is 34.3 Å². The fraction of sp³-hybridized carbons (Fsp3) is 0.136. The fourth-order valence-corrected chi connectivity index (χ4v) is 3.00. The van der Waals surface area contributed by atoms with E-state index >= 15 is 0 Å². The summed E-state index contributed by atoms with van der Waals surface area (Å²) in [5.74, 6) is 0.686. The van der Waals surface area contributed by atoms with Gasteiger partial charge >= 0.3 is 0 Å². The Labute approximate surface area is 169 Å². The number of hydrogen-bond donors (Lipinski definition) is 2. The van der Waals surface area contributed by atoms with Crippen LogP contribution in [0.1, 0.15) is 23.6 Å². The number of nitriles is 1. The predicted octanol–water partition coefficient (Wildman–Crippen LogP) is 4.11. The summed E-state index contributed by atoms with van der Waals surface area (Å²) >= 11 is 5.14. The molecule has 0 aliphatic heterocycles. The van der Waals surface area contributed by atoms with E-state index in [0.29, 0.717) is 23.0 Å². The van der Waals surface area contributed by atoms with Gasteiger partial charge in [-0.1, -0.05) is 48.5 Å². The maximum atomic E-state index is 9.27. The Bertz CT molecular complexity index is 1060. The molecule has 0 spiro atoms. The first-order valence-electron chi connectivity index (χ1n) is 8.92. The molecule has 0 radical (unpaired) electrons. The van der Waals surface area contributed by atoms with Gasteiger partial charge in [-0.25, -0.2) is 0 Å². The summed E-state index contributed by atoms with van der Waals surface area (Å²) in [6.07, 6.45) is 1.71. The summed E-state index contributed by atoms with van der Waals surface area (Å²) in [5, 5.41) is 19.1. The Hall–Kier alpha value is -3.43. The zero-order valence-electron chi connectivity index (χ0n) is 15.5. The van der Waals surface area contributed by atoms with E-state index in [0.717, 1.165) is 28.4 Å². The molecule has 3 rings (SSSR count). The minimum Gasteiger partial charge on any atom is -0.488 e. The topological polar surface area (TPSA) is 69.4 Å². The maximum absolute atomic E-state index is 9.27. The van der Waals surface area contributed by atoms with Gasteiger partial charge in [-0.15, -0.1) is 0 Å². The molecule has 0 saturated heterocycles. The standard InChI is InChI=1S/C22H20N4OS/c1-2-24-22(28)26-25-14-20-19-10-6-5-7-16(19)11-12-21(20)27-15-18-9-4-3-8-17(18)13-23/h3-12,14H,2,15H2,1H3,(H2,24,26,28)/b25-14-. The largest absolute Gasteiger partial charge is 0.488 e. The molecule has 0 heterocycles. The minimum absolute atomic E-state index is 0.298. The first-order valence-corrected chi connectivity index (χ1v) is 9.33. The molecule has 5 nitrogen and oxygen atoms in total. The Morgan fingerprint density at radius 3 is 2.75 bits per heavy atom. The summed E-state index contributed by atoms with van der Waals surface area (Å²) in [4.78, 5) is 0. The molecule has 0 amide bonds. The Morgan fingerprint density at radius 2 is 1.93 bits per heavy atom. The smallest absolute Gasteiger partial charge is 0.186 e. The Morgan fingerprint density at radius 1 is 1.14 bits per heavy atom. The molecule has 0 fully saturated rings. The molecular weight excluding hydrogens is 368 g/mol. The van der Waals surface area contributed by atoms with E-state index in [4.69, 9.17) is 17.0 Å². The number of ether oxygens (including phenoxy) is 1. The summed E-state index contributed by atoms with van der Waals surface area (Å²) < 4.78 is 6.06. The molecule has 0 unspecified atom stereocenters. The van der Waals surface area contributed by atoms with Crippen LogP contribution in [0.15, 0.2) is 65.8 Å². The van der Waals surface area contributed by atoms with Gasteiger partial charge in [0.1, 0.15) is 12.4 Å². The molecule has 28 heavy (non-hydrogen) atoms. The molecule has 0 saturated carbocycles. The van der Waals surface area contributed by atoms with Gasteiger partial charge in [0.05, 0.1) is 17.8 Å². The van der Waals surface area contributed by atoms with Gasteiger partial charge in [-0.2, -0.15) is 10.4 Å². The van der Waals surface area contributed by atoms with Crippen molar-refractivity contribution in [2.45, 2.75) is 13.5 Å². The van der Waals surface area contributed by atoms with Gasteiger partial charge in [0.15, 0.2) is 5.11 Å². The van der Waals surface area contributed by atoms with Crippen LogP contribution < -0.4 is 15.5 Å². The molecule has 0 aliphatic carbocycles. The van der Waals surface area contributed by atoms with Gasteiger partial charge in [0.2, 0.25) is 0 Å². The number of benzene rings is 3. The van der Waals surface area contributed by atoms with E-state index in [-0.39, 0.29) is 0 Å². The van der Waals surface area contributed by atoms with Crippen molar-refractivity contribution in [2.75, 3.05) is 6.54 Å². The van der Waals surface area contributed by atoms with Gasteiger partial charge in [-0.05, 0) is 42.0 Å². The third-order valence-corrected chi connectivity index (χ3v) is 4.38. The average Bonchev–Trinajstić information content (AvgIpc) is 2.73. The van der Waals surface area contributed by atoms with Crippen molar-refractivity contribution in [3.05, 3.63) is 77.4 Å². The van der Waals surface area contributed by atoms with E-state index in [2.05, 4.69) is 21.9 Å². The van der Waals surface area contributed by atoms with Crippen LogP contribution in [0.2, 0.25) is 0 Å². The van der Waals surface area contributed by atoms with Crippen molar-refractivity contribution in [1.29, 1.82) is 5.26 Å². The van der Waals surface area contributed by atoms with Gasteiger partial charge in [0, 0.05) is 17.7 Å². The van der Waals surface area contributed by atoms with Crippen LogP contribution in [-0.2, 0) is 6.61 Å². The van der Waals surface area contributed by atoms with Gasteiger partial charge < -0.3 is 10.1 Å². The second-order valence-electron chi connectivity index (χ2n) is 5.99. The van der Waals surface area contributed by atoms with Crippen molar-refractivity contribution < 1.29 is 4.74 Å². The molecule has 0 bridgehead atoms. The van der Waals surface area contributed by atoms with Crippen LogP contribution in [0.5, 0.6) is 5.75 Å². The quantitative estimate of drug-likeness (QED) is 0.378. The monoisotopic (exact) mass is 388 g/mol. The normalized spacial score (nSPS) is 10.6. The number of nitrogens with zero attached hydrogens (tertiary/aromatic N) is 2. The highest BCUT2D eigenvalue weighted by Gasteiger charge is 2.09. The van der Waals surface area contributed by atoms with Crippen LogP contribution in [0.25, 0.3) is 10.8 Å². The van der Waals surface area contributed by atoms with Crippen LogP contribution in [0.4, 0.5) is 0 Å². The van der Waals surface area contributed by atoms with E-state index in [1.165, 1.54) is 0 Å². The van der Waals surface area contributed by atoms with E-state index in [9.17, 15) is 5.26 Å². The highest BCUT2D eigenvalue weighted by molar-refractivity contribution is 7.80. The molecule has 0 atom stereocenters. The lowest BCUT2D eigenvalue weighted by molar-refractivity contribution is 0.306. The molecular formula is C22H20N4OS. The van der Waals surface area contributed by atoms with E-state index in [1.807, 2.05) is 61.5 Å². The molecule has 0 aliphatic rings. The second kappa shape index (κ2) is 9.49. The van der Waals surface area contributed by atoms with E-state index in [1.54, 1.807) is 12.3 Å². The average molecular weight is 388 g/mol. The zero-order valence-corrected chi connectivity index (χ0v) is 16.3. The molecule has 140 valence electrons. The summed E-state index contributed by atoms with van der Waals surface area (Å²) in [7, 11) is 0. The highest BCUT2D eigenvalue weighted by atomic mass is 32.1. The Kier molecular flexibility index (Phi) is 6.55. The first-order chi connectivity index (χ1) is 13.7. The summed E-state index contributed by atoms with van der Waals surface area (Å²) in [6, 6.07) is 21.6. The van der Waals surface area contributed by atoms with Gasteiger partial charge in [0.25, 0.3) is 0 Å². The lowest BCUT2D eigenvalue weighted by Crippen LogP contribution is -2.31. The molecule has 0 aromatic heterocycles. The van der Waals surface area contributed by atoms with Crippen LogP contribution in [0.3, 0.4) is 0 Å². The zero-order chi connectivity index (χ0) is 19.8. The van der Waals surface area contributed by atoms with Crippen LogP contribution in [0, 0.1) is 11.3 Å². The number of hydrazone groups is 1. The van der Waals surface area contributed by atoms with Crippen LogP contribution >= 0.6 is 12.2 Å². The molecule has 6 heteroatoms. The lowest BCUT2D eigenvalue weighted by Gasteiger charge is -2.12. The minimum atomic E-state index is 0.298. The lowest BCUT2D eigenvalue weighted by atomic mass is 10.0. The number of nitrogens with one attached hydrogen (secondary N) is 2. The number of hydrogen-bond acceptors (Lipinski definition) is 4. The summed E-state index contributed by atoms with van der Waals surface area (Å²) in [5.41, 5.74) is 5.10. The number of fused-ring (bicyclic) bond motifs is 1. The maximum Gasteiger partial charge on any atom is 0.186 e. The van der Waals surface area contributed by atoms with Crippen LogP contribution in [-0.4, -0.2) is 17.9 Å². The van der Waals surface area contributed by atoms with Gasteiger partial charge in [-0.3, -0.25) is 5.43 Å². The summed E-state index contributed by atoms with van der Waals surface area (Å²) in [6.45, 7) is 2.99. The van der Waals surface area contributed by atoms with E-state index < -0.39 is 0 Å². The third kappa shape index (κ3) is 4.64. The fourth-order valence-electron chi connectivity index (χ4n) is 2.80. The molecule has 3 aromatic carbocycles. The number of rotatable bonds is 6. The second-order valence-corrected chi connectivity index (χ2v) is 6.39.